The number of carbonyl (C=O) groups excluding carboxylic acids is 5. The Kier molecular flexibility index (Phi) is 11.3. The fourth-order valence-corrected chi connectivity index (χ4v) is 5.32. The highest BCUT2D eigenvalue weighted by Crippen LogP contribution is 2.29. The van der Waals surface area contributed by atoms with Crippen molar-refractivity contribution in [2.75, 3.05) is 6.54 Å². The predicted molar refractivity (Wildman–Crippen MR) is 150 cm³/mol. The van der Waals surface area contributed by atoms with E-state index >= 15 is 0 Å². The highest BCUT2D eigenvalue weighted by Gasteiger charge is 2.43. The maximum atomic E-state index is 13.8. The Morgan fingerprint density at radius 3 is 2.33 bits per heavy atom. The second-order valence-corrected chi connectivity index (χ2v) is 11.6. The second kappa shape index (κ2) is 14.3. The van der Waals surface area contributed by atoms with E-state index in [1.54, 1.807) is 6.92 Å². The van der Waals surface area contributed by atoms with Gasteiger partial charge in [-0.2, -0.15) is 13.2 Å². The normalized spacial score (nSPS) is 26.0. The number of fused-ring (bicyclic) bond motifs is 1. The molecule has 1 unspecified atom stereocenters. The maximum absolute atomic E-state index is 13.8. The maximum Gasteiger partial charge on any atom is 0.416 e. The van der Waals surface area contributed by atoms with E-state index in [0.29, 0.717) is 37.7 Å². The van der Waals surface area contributed by atoms with Crippen LogP contribution in [-0.4, -0.2) is 75.7 Å². The number of nitrogens with zero attached hydrogens (tertiary/aromatic N) is 1. The third kappa shape index (κ3) is 8.77. The molecule has 0 radical (unpaired) electrons. The van der Waals surface area contributed by atoms with Crippen LogP contribution in [0, 0.1) is 0 Å². The Bertz CT molecular complexity index is 1190. The van der Waals surface area contributed by atoms with Crippen LogP contribution in [0.15, 0.2) is 24.3 Å². The van der Waals surface area contributed by atoms with Gasteiger partial charge in [0, 0.05) is 19.4 Å². The first-order valence-electron chi connectivity index (χ1n) is 14.8. The molecule has 13 heteroatoms. The molecule has 1 aromatic rings. The van der Waals surface area contributed by atoms with E-state index in [4.69, 9.17) is 0 Å². The Morgan fingerprint density at radius 2 is 1.72 bits per heavy atom. The zero-order chi connectivity index (χ0) is 31.9. The number of hydrogen-bond donors (Lipinski definition) is 4. The van der Waals surface area contributed by atoms with Gasteiger partial charge in [-0.3, -0.25) is 24.0 Å². The summed E-state index contributed by atoms with van der Waals surface area (Å²) < 4.78 is 39.2. The summed E-state index contributed by atoms with van der Waals surface area (Å²) in [5.41, 5.74) is -1.91. The molecule has 2 heterocycles. The number of aliphatic hydroxyl groups is 1. The van der Waals surface area contributed by atoms with Crippen LogP contribution in [0.5, 0.6) is 0 Å². The topological polar surface area (TPSA) is 145 Å². The molecule has 10 nitrogen and oxygen atoms in total. The zero-order valence-corrected chi connectivity index (χ0v) is 24.8. The Hall–Kier alpha value is -3.48. The summed E-state index contributed by atoms with van der Waals surface area (Å²) in [5, 5.41) is 17.6. The molecular weight excluding hydrogens is 569 g/mol. The smallest absolute Gasteiger partial charge is 0.386 e. The fourth-order valence-electron chi connectivity index (χ4n) is 5.32. The monoisotopic (exact) mass is 610 g/mol. The van der Waals surface area contributed by atoms with E-state index in [1.165, 1.54) is 30.9 Å². The number of hydrogen-bond acceptors (Lipinski definition) is 6. The number of carbonyl (C=O) groups is 5. The fraction of sp³-hybridized carbons (Fsp3) is 0.633. The molecule has 5 atom stereocenters. The van der Waals surface area contributed by atoms with Crippen molar-refractivity contribution >= 4 is 29.4 Å². The molecule has 0 aromatic heterocycles. The number of unbranched alkanes of at least 4 members (excludes halogenated alkanes) is 2. The summed E-state index contributed by atoms with van der Waals surface area (Å²) in [5.74, 6) is -2.51. The summed E-state index contributed by atoms with van der Waals surface area (Å²) >= 11 is 0. The number of halogens is 3. The minimum atomic E-state index is -4.53. The molecular formula is C30H41F3N4O6. The highest BCUT2D eigenvalue weighted by molar-refractivity contribution is 5.99. The van der Waals surface area contributed by atoms with E-state index in [1.807, 2.05) is 0 Å². The third-order valence-electron chi connectivity index (χ3n) is 8.29. The number of ketones is 1. The standard InChI is InChI=1S/C30H41F3N4O6/c1-4-29(3)28(43)35-22(17-19-12-14-20(15-13-19)30(31,32)33)27(42)37-16-8-10-23(37)26(41)34-21(25(40)36-29)9-6-5-7-11-24(39)18(2)38/h12-15,18,21-23,38H,4-11,16-17H2,1-3H3,(H,34,41)(H,35,43)(H,36,40)/t18-,21+,22?,23-,29+/m1/s1. The van der Waals surface area contributed by atoms with E-state index < -0.39 is 65.1 Å². The molecule has 4 amide bonds. The van der Waals surface area contributed by atoms with Crippen molar-refractivity contribution in [2.45, 2.75) is 115 Å². The quantitative estimate of drug-likeness (QED) is 0.300. The highest BCUT2D eigenvalue weighted by atomic mass is 19.4. The molecule has 3 rings (SSSR count). The Balaban J connectivity index is 1.83. The van der Waals surface area contributed by atoms with Crippen LogP contribution in [0.2, 0.25) is 0 Å². The SMILES string of the molecule is CC[C@]1(C)NC(=O)[C@H](CCCCCC(=O)[C@@H](C)O)NC(=O)[C@H]2CCCN2C(=O)C(Cc2ccc(C(F)(F)F)cc2)NC1=O. The number of nitrogens with one attached hydrogen (secondary N) is 3. The summed E-state index contributed by atoms with van der Waals surface area (Å²) in [6.07, 6.45) is -2.66. The summed E-state index contributed by atoms with van der Waals surface area (Å²) in [7, 11) is 0. The van der Waals surface area contributed by atoms with Crippen molar-refractivity contribution in [3.63, 3.8) is 0 Å². The van der Waals surface area contributed by atoms with E-state index in [9.17, 15) is 42.3 Å². The van der Waals surface area contributed by atoms with Crippen LogP contribution in [0.4, 0.5) is 13.2 Å². The molecule has 1 aromatic carbocycles. The number of rotatable bonds is 10. The predicted octanol–water partition coefficient (Wildman–Crippen LogP) is 2.41. The summed E-state index contributed by atoms with van der Waals surface area (Å²) in [6, 6.07) is 1.26. The van der Waals surface area contributed by atoms with Gasteiger partial charge < -0.3 is 26.0 Å². The molecule has 2 fully saturated rings. The van der Waals surface area contributed by atoms with E-state index in [0.717, 1.165) is 12.1 Å². The van der Waals surface area contributed by atoms with Crippen LogP contribution in [0.25, 0.3) is 0 Å². The van der Waals surface area contributed by atoms with E-state index in [2.05, 4.69) is 16.0 Å². The van der Waals surface area contributed by atoms with Crippen LogP contribution in [0.3, 0.4) is 0 Å². The molecule has 2 aliphatic heterocycles. The Labute approximate surface area is 249 Å². The molecule has 0 spiro atoms. The summed E-state index contributed by atoms with van der Waals surface area (Å²) in [6.45, 7) is 4.84. The molecule has 0 saturated carbocycles. The number of alkyl halides is 3. The van der Waals surface area contributed by atoms with Crippen molar-refractivity contribution in [1.82, 2.24) is 20.9 Å². The van der Waals surface area contributed by atoms with Crippen LogP contribution in [0.1, 0.15) is 83.3 Å². The van der Waals surface area contributed by atoms with Crippen LogP contribution in [-0.2, 0) is 36.6 Å². The van der Waals surface area contributed by atoms with Crippen molar-refractivity contribution < 1.29 is 42.3 Å². The number of aliphatic hydroxyl groups excluding tert-OH is 1. The third-order valence-corrected chi connectivity index (χ3v) is 8.29. The first-order chi connectivity index (χ1) is 20.2. The minimum absolute atomic E-state index is 0.110. The lowest BCUT2D eigenvalue weighted by atomic mass is 9.94. The number of amides is 4. The van der Waals surface area contributed by atoms with Crippen LogP contribution < -0.4 is 16.0 Å². The van der Waals surface area contributed by atoms with Gasteiger partial charge in [0.1, 0.15) is 29.8 Å². The lowest BCUT2D eigenvalue weighted by molar-refractivity contribution is -0.144. The minimum Gasteiger partial charge on any atom is -0.386 e. The van der Waals surface area contributed by atoms with Gasteiger partial charge in [0.2, 0.25) is 23.6 Å². The van der Waals surface area contributed by atoms with Gasteiger partial charge in [0.25, 0.3) is 0 Å². The molecule has 238 valence electrons. The second-order valence-electron chi connectivity index (χ2n) is 11.6. The van der Waals surface area contributed by atoms with E-state index in [-0.39, 0.29) is 38.0 Å². The van der Waals surface area contributed by atoms with Crippen molar-refractivity contribution in [3.8, 4) is 0 Å². The number of Topliss-reactive ketones (excluding diaryl/α,β-unsaturated/α-hetero) is 1. The first-order valence-corrected chi connectivity index (χ1v) is 14.8. The zero-order valence-electron chi connectivity index (χ0n) is 24.8. The van der Waals surface area contributed by atoms with Gasteiger partial charge in [-0.05, 0) is 63.6 Å². The van der Waals surface area contributed by atoms with Gasteiger partial charge in [-0.15, -0.1) is 0 Å². The molecule has 0 bridgehead atoms. The number of benzene rings is 1. The lowest BCUT2D eigenvalue weighted by Gasteiger charge is -2.36. The van der Waals surface area contributed by atoms with Gasteiger partial charge in [-0.1, -0.05) is 31.9 Å². The average Bonchev–Trinajstić information content (AvgIpc) is 3.44. The summed E-state index contributed by atoms with van der Waals surface area (Å²) in [4.78, 5) is 67.2. The van der Waals surface area contributed by atoms with Crippen molar-refractivity contribution in [2.24, 2.45) is 0 Å². The van der Waals surface area contributed by atoms with Crippen molar-refractivity contribution in [1.29, 1.82) is 0 Å². The molecule has 2 aliphatic rings. The van der Waals surface area contributed by atoms with Gasteiger partial charge in [0.05, 0.1) is 5.56 Å². The van der Waals surface area contributed by atoms with Gasteiger partial charge >= 0.3 is 6.18 Å². The lowest BCUT2D eigenvalue weighted by Crippen LogP contribution is -2.65. The average molecular weight is 611 g/mol. The molecule has 0 aliphatic carbocycles. The first kappa shape index (κ1) is 34.0. The van der Waals surface area contributed by atoms with Crippen LogP contribution >= 0.6 is 0 Å². The van der Waals surface area contributed by atoms with Crippen molar-refractivity contribution in [3.05, 3.63) is 35.4 Å². The molecule has 2 saturated heterocycles. The molecule has 43 heavy (non-hydrogen) atoms. The van der Waals surface area contributed by atoms with Gasteiger partial charge in [0.15, 0.2) is 5.78 Å². The molecule has 4 N–H and O–H groups in total. The largest absolute Gasteiger partial charge is 0.416 e. The van der Waals surface area contributed by atoms with Gasteiger partial charge in [-0.25, -0.2) is 0 Å². The Morgan fingerprint density at radius 1 is 1.05 bits per heavy atom.